The van der Waals surface area contributed by atoms with Crippen LogP contribution in [0.5, 0.6) is 11.5 Å². The van der Waals surface area contributed by atoms with Gasteiger partial charge in [0.1, 0.15) is 17.6 Å². The fourth-order valence-electron chi connectivity index (χ4n) is 2.23. The standard InChI is InChI=1S/C14H17NO2/c1-16-13-7-6-12(9-15)14(8-13)17-10-11-4-2-3-5-11/h6-8,11H,2-5,10H2,1H3. The molecule has 1 aromatic carbocycles. The summed E-state index contributed by atoms with van der Waals surface area (Å²) in [6, 6.07) is 7.44. The average molecular weight is 231 g/mol. The topological polar surface area (TPSA) is 42.2 Å². The van der Waals surface area contributed by atoms with Crippen LogP contribution in [0.15, 0.2) is 18.2 Å². The molecule has 1 aromatic rings. The van der Waals surface area contributed by atoms with Crippen LogP contribution >= 0.6 is 0 Å². The fourth-order valence-corrected chi connectivity index (χ4v) is 2.23. The first-order valence-electron chi connectivity index (χ1n) is 6.04. The van der Waals surface area contributed by atoms with Gasteiger partial charge in [-0.15, -0.1) is 0 Å². The van der Waals surface area contributed by atoms with Crippen LogP contribution in [0.4, 0.5) is 0 Å². The molecule has 0 saturated heterocycles. The normalized spacial score (nSPS) is 15.5. The molecule has 0 aliphatic heterocycles. The van der Waals surface area contributed by atoms with Gasteiger partial charge >= 0.3 is 0 Å². The molecular formula is C14H17NO2. The fraction of sp³-hybridized carbons (Fsp3) is 0.500. The van der Waals surface area contributed by atoms with E-state index in [9.17, 15) is 0 Å². The molecule has 1 aliphatic carbocycles. The van der Waals surface area contributed by atoms with E-state index in [4.69, 9.17) is 14.7 Å². The maximum absolute atomic E-state index is 9.00. The molecule has 0 bridgehead atoms. The molecular weight excluding hydrogens is 214 g/mol. The van der Waals surface area contributed by atoms with Crippen molar-refractivity contribution in [3.63, 3.8) is 0 Å². The van der Waals surface area contributed by atoms with E-state index < -0.39 is 0 Å². The lowest BCUT2D eigenvalue weighted by molar-refractivity contribution is 0.250. The lowest BCUT2D eigenvalue weighted by Crippen LogP contribution is -2.08. The summed E-state index contributed by atoms with van der Waals surface area (Å²) in [7, 11) is 1.61. The molecule has 0 unspecified atom stereocenters. The van der Waals surface area contributed by atoms with Crippen molar-refractivity contribution >= 4 is 0 Å². The Kier molecular flexibility index (Phi) is 3.87. The number of hydrogen-bond acceptors (Lipinski definition) is 3. The summed E-state index contributed by atoms with van der Waals surface area (Å²) in [6.07, 6.45) is 5.09. The lowest BCUT2D eigenvalue weighted by Gasteiger charge is -2.13. The van der Waals surface area contributed by atoms with Crippen LogP contribution in [-0.2, 0) is 0 Å². The smallest absolute Gasteiger partial charge is 0.140 e. The van der Waals surface area contributed by atoms with E-state index >= 15 is 0 Å². The van der Waals surface area contributed by atoms with Crippen LogP contribution in [0.2, 0.25) is 0 Å². The van der Waals surface area contributed by atoms with Gasteiger partial charge in [-0.25, -0.2) is 0 Å². The van der Waals surface area contributed by atoms with Crippen molar-refractivity contribution < 1.29 is 9.47 Å². The monoisotopic (exact) mass is 231 g/mol. The van der Waals surface area contributed by atoms with Crippen molar-refractivity contribution in [2.45, 2.75) is 25.7 Å². The maximum Gasteiger partial charge on any atom is 0.140 e. The molecule has 3 nitrogen and oxygen atoms in total. The van der Waals surface area contributed by atoms with Gasteiger partial charge in [-0.1, -0.05) is 12.8 Å². The summed E-state index contributed by atoms with van der Waals surface area (Å²) in [5.74, 6) is 2.01. The van der Waals surface area contributed by atoms with Gasteiger partial charge in [0, 0.05) is 6.07 Å². The third-order valence-corrected chi connectivity index (χ3v) is 3.26. The largest absolute Gasteiger partial charge is 0.497 e. The summed E-state index contributed by atoms with van der Waals surface area (Å²) >= 11 is 0. The van der Waals surface area contributed by atoms with Gasteiger partial charge in [0.25, 0.3) is 0 Å². The van der Waals surface area contributed by atoms with Gasteiger partial charge in [-0.3, -0.25) is 0 Å². The maximum atomic E-state index is 9.00. The predicted octanol–water partition coefficient (Wildman–Crippen LogP) is 3.14. The Morgan fingerprint density at radius 2 is 2.12 bits per heavy atom. The highest BCUT2D eigenvalue weighted by Gasteiger charge is 2.16. The summed E-state index contributed by atoms with van der Waals surface area (Å²) < 4.78 is 10.9. The third kappa shape index (κ3) is 2.91. The van der Waals surface area contributed by atoms with Crippen LogP contribution in [0, 0.1) is 17.2 Å². The van der Waals surface area contributed by atoms with E-state index in [1.54, 1.807) is 25.3 Å². The molecule has 1 fully saturated rings. The minimum atomic E-state index is 0.573. The highest BCUT2D eigenvalue weighted by molar-refractivity contribution is 5.47. The van der Waals surface area contributed by atoms with E-state index in [0.29, 0.717) is 23.8 Å². The number of methoxy groups -OCH3 is 1. The summed E-state index contributed by atoms with van der Waals surface area (Å²) in [5, 5.41) is 9.00. The zero-order valence-corrected chi connectivity index (χ0v) is 10.1. The second-order valence-corrected chi connectivity index (χ2v) is 4.44. The molecule has 17 heavy (non-hydrogen) atoms. The second kappa shape index (κ2) is 5.58. The van der Waals surface area contributed by atoms with Gasteiger partial charge in [0.05, 0.1) is 19.3 Å². The Balaban J connectivity index is 2.04. The molecule has 0 spiro atoms. The van der Waals surface area contributed by atoms with E-state index in [-0.39, 0.29) is 0 Å². The molecule has 3 heteroatoms. The Bertz CT molecular complexity index is 417. The Hall–Kier alpha value is -1.69. The number of benzene rings is 1. The first-order chi connectivity index (χ1) is 8.33. The van der Waals surface area contributed by atoms with E-state index in [2.05, 4.69) is 6.07 Å². The second-order valence-electron chi connectivity index (χ2n) is 4.44. The molecule has 0 atom stereocenters. The Morgan fingerprint density at radius 1 is 1.35 bits per heavy atom. The average Bonchev–Trinajstić information content (AvgIpc) is 2.89. The molecule has 0 radical (unpaired) electrons. The first-order valence-corrected chi connectivity index (χ1v) is 6.04. The third-order valence-electron chi connectivity index (χ3n) is 3.26. The Labute approximate surface area is 102 Å². The molecule has 0 heterocycles. The van der Waals surface area contributed by atoms with Gasteiger partial charge in [0.15, 0.2) is 0 Å². The van der Waals surface area contributed by atoms with Gasteiger partial charge in [0.2, 0.25) is 0 Å². The van der Waals surface area contributed by atoms with Crippen LogP contribution in [0.3, 0.4) is 0 Å². The number of hydrogen-bond donors (Lipinski definition) is 0. The first kappa shape index (κ1) is 11.8. The van der Waals surface area contributed by atoms with Gasteiger partial charge < -0.3 is 9.47 Å². The van der Waals surface area contributed by atoms with Crippen molar-refractivity contribution in [2.24, 2.45) is 5.92 Å². The summed E-state index contributed by atoms with van der Waals surface area (Å²) in [5.41, 5.74) is 0.573. The SMILES string of the molecule is COc1ccc(C#N)c(OCC2CCCC2)c1. The highest BCUT2D eigenvalue weighted by atomic mass is 16.5. The van der Waals surface area contributed by atoms with Gasteiger partial charge in [-0.2, -0.15) is 5.26 Å². The molecule has 0 aromatic heterocycles. The number of ether oxygens (including phenoxy) is 2. The van der Waals surface area contributed by atoms with Gasteiger partial charge in [-0.05, 0) is 30.9 Å². The molecule has 1 aliphatic rings. The predicted molar refractivity (Wildman–Crippen MR) is 65.2 cm³/mol. The minimum Gasteiger partial charge on any atom is -0.497 e. The highest BCUT2D eigenvalue weighted by Crippen LogP contribution is 2.28. The quantitative estimate of drug-likeness (QED) is 0.799. The molecule has 0 amide bonds. The lowest BCUT2D eigenvalue weighted by atomic mass is 10.1. The zero-order chi connectivity index (χ0) is 12.1. The number of rotatable bonds is 4. The van der Waals surface area contributed by atoms with Crippen LogP contribution in [0.25, 0.3) is 0 Å². The minimum absolute atomic E-state index is 0.573. The number of nitriles is 1. The van der Waals surface area contributed by atoms with Crippen molar-refractivity contribution in [1.29, 1.82) is 5.26 Å². The van der Waals surface area contributed by atoms with E-state index in [1.165, 1.54) is 25.7 Å². The van der Waals surface area contributed by atoms with Crippen molar-refractivity contribution in [1.82, 2.24) is 0 Å². The Morgan fingerprint density at radius 3 is 2.76 bits per heavy atom. The van der Waals surface area contributed by atoms with Crippen LogP contribution in [0.1, 0.15) is 31.2 Å². The van der Waals surface area contributed by atoms with Crippen molar-refractivity contribution in [3.05, 3.63) is 23.8 Å². The zero-order valence-electron chi connectivity index (χ0n) is 10.1. The number of nitrogens with zero attached hydrogens (tertiary/aromatic N) is 1. The van der Waals surface area contributed by atoms with Crippen molar-refractivity contribution in [2.75, 3.05) is 13.7 Å². The molecule has 2 rings (SSSR count). The van der Waals surface area contributed by atoms with Crippen molar-refractivity contribution in [3.8, 4) is 17.6 Å². The molecule has 1 saturated carbocycles. The van der Waals surface area contributed by atoms with E-state index in [0.717, 1.165) is 5.75 Å². The molecule has 0 N–H and O–H groups in total. The molecule has 90 valence electrons. The summed E-state index contributed by atoms with van der Waals surface area (Å²) in [6.45, 7) is 0.710. The van der Waals surface area contributed by atoms with Crippen LogP contribution in [-0.4, -0.2) is 13.7 Å². The van der Waals surface area contributed by atoms with E-state index in [1.807, 2.05) is 0 Å². The summed E-state index contributed by atoms with van der Waals surface area (Å²) in [4.78, 5) is 0. The van der Waals surface area contributed by atoms with Crippen LogP contribution < -0.4 is 9.47 Å².